The lowest BCUT2D eigenvalue weighted by Gasteiger charge is -2.32. The highest BCUT2D eigenvalue weighted by Gasteiger charge is 2.31. The summed E-state index contributed by atoms with van der Waals surface area (Å²) in [7, 11) is 0. The van der Waals surface area contributed by atoms with Crippen LogP contribution in [0.4, 0.5) is 0 Å². The summed E-state index contributed by atoms with van der Waals surface area (Å²) in [5, 5.41) is 1.15. The first-order chi connectivity index (χ1) is 5.90. The van der Waals surface area contributed by atoms with Gasteiger partial charge in [-0.05, 0) is 31.6 Å². The van der Waals surface area contributed by atoms with E-state index >= 15 is 0 Å². The Kier molecular flexibility index (Phi) is 3.08. The molecule has 0 bridgehead atoms. The molecule has 2 heteroatoms. The summed E-state index contributed by atoms with van der Waals surface area (Å²) in [6.45, 7) is 2.65. The van der Waals surface area contributed by atoms with Crippen LogP contribution < -0.4 is 0 Å². The zero-order chi connectivity index (χ0) is 8.39. The Morgan fingerprint density at radius 2 is 1.92 bits per heavy atom. The van der Waals surface area contributed by atoms with Crippen molar-refractivity contribution in [1.29, 1.82) is 0 Å². The van der Waals surface area contributed by atoms with Crippen LogP contribution in [-0.2, 0) is 0 Å². The molecule has 0 unspecified atom stereocenters. The third-order valence-corrected chi connectivity index (χ3v) is 3.51. The third kappa shape index (κ3) is 2.23. The summed E-state index contributed by atoms with van der Waals surface area (Å²) in [6.07, 6.45) is 7.38. The maximum atomic E-state index is 3.53. The molecule has 12 heavy (non-hydrogen) atoms. The summed E-state index contributed by atoms with van der Waals surface area (Å²) in [5.41, 5.74) is 0. The van der Waals surface area contributed by atoms with Crippen molar-refractivity contribution in [2.24, 2.45) is 5.92 Å². The van der Waals surface area contributed by atoms with E-state index < -0.39 is 0 Å². The van der Waals surface area contributed by atoms with Gasteiger partial charge in [0.2, 0.25) is 0 Å². The standard InChI is InChI=1S/C10H18BrN/c11-6-7-12(10-4-5-10)8-9-2-1-3-9/h9-10H,1-8H2. The molecule has 1 nitrogen and oxygen atoms in total. The molecule has 0 aromatic heterocycles. The molecular formula is C10H18BrN. The number of hydrogen-bond acceptors (Lipinski definition) is 1. The van der Waals surface area contributed by atoms with Gasteiger partial charge in [-0.25, -0.2) is 0 Å². The van der Waals surface area contributed by atoms with Crippen LogP contribution in [0, 0.1) is 5.92 Å². The van der Waals surface area contributed by atoms with Gasteiger partial charge < -0.3 is 0 Å². The molecule has 2 aliphatic rings. The Morgan fingerprint density at radius 1 is 1.17 bits per heavy atom. The quantitative estimate of drug-likeness (QED) is 0.658. The average Bonchev–Trinajstić information content (AvgIpc) is 2.76. The molecule has 0 aliphatic heterocycles. The van der Waals surface area contributed by atoms with Crippen LogP contribution in [0.25, 0.3) is 0 Å². The Morgan fingerprint density at radius 3 is 2.33 bits per heavy atom. The SMILES string of the molecule is BrCCN(CC1CCC1)C1CC1. The van der Waals surface area contributed by atoms with E-state index in [1.165, 1.54) is 45.2 Å². The number of hydrogen-bond donors (Lipinski definition) is 0. The number of halogens is 1. The lowest BCUT2D eigenvalue weighted by Crippen LogP contribution is -2.35. The first-order valence-corrected chi connectivity index (χ1v) is 6.32. The van der Waals surface area contributed by atoms with E-state index in [1.807, 2.05) is 0 Å². The van der Waals surface area contributed by atoms with Gasteiger partial charge in [-0.3, -0.25) is 4.90 Å². The zero-order valence-electron chi connectivity index (χ0n) is 7.64. The van der Waals surface area contributed by atoms with Crippen molar-refractivity contribution in [3.05, 3.63) is 0 Å². The minimum Gasteiger partial charge on any atom is -0.299 e. The van der Waals surface area contributed by atoms with Gasteiger partial charge in [-0.15, -0.1) is 0 Å². The topological polar surface area (TPSA) is 3.24 Å². The molecule has 0 amide bonds. The van der Waals surface area contributed by atoms with E-state index in [2.05, 4.69) is 20.8 Å². The molecule has 0 heterocycles. The van der Waals surface area contributed by atoms with E-state index in [0.29, 0.717) is 0 Å². The minimum atomic E-state index is 0.961. The van der Waals surface area contributed by atoms with Crippen LogP contribution >= 0.6 is 15.9 Å². The predicted octanol–water partition coefficient (Wildman–Crippen LogP) is 2.65. The molecule has 0 radical (unpaired) electrons. The molecule has 0 spiro atoms. The van der Waals surface area contributed by atoms with Gasteiger partial charge in [0, 0.05) is 24.5 Å². The summed E-state index contributed by atoms with van der Waals surface area (Å²) in [4.78, 5) is 2.69. The van der Waals surface area contributed by atoms with E-state index in [-0.39, 0.29) is 0 Å². The van der Waals surface area contributed by atoms with Gasteiger partial charge in [0.15, 0.2) is 0 Å². The van der Waals surface area contributed by atoms with Crippen LogP contribution in [0.3, 0.4) is 0 Å². The van der Waals surface area contributed by atoms with Gasteiger partial charge >= 0.3 is 0 Å². The lowest BCUT2D eigenvalue weighted by atomic mass is 9.85. The van der Waals surface area contributed by atoms with Gasteiger partial charge in [0.05, 0.1) is 0 Å². The van der Waals surface area contributed by atoms with E-state index in [0.717, 1.165) is 17.3 Å². The fraction of sp³-hybridized carbons (Fsp3) is 1.00. The summed E-state index contributed by atoms with van der Waals surface area (Å²) >= 11 is 3.53. The maximum absolute atomic E-state index is 3.53. The van der Waals surface area contributed by atoms with Crippen molar-refractivity contribution in [1.82, 2.24) is 4.90 Å². The van der Waals surface area contributed by atoms with Crippen LogP contribution in [-0.4, -0.2) is 29.4 Å². The van der Waals surface area contributed by atoms with Crippen molar-refractivity contribution in [3.8, 4) is 0 Å². The first-order valence-electron chi connectivity index (χ1n) is 5.20. The fourth-order valence-electron chi connectivity index (χ4n) is 1.98. The molecular weight excluding hydrogens is 214 g/mol. The van der Waals surface area contributed by atoms with E-state index in [9.17, 15) is 0 Å². The van der Waals surface area contributed by atoms with Crippen molar-refractivity contribution in [2.75, 3.05) is 18.4 Å². The highest BCUT2D eigenvalue weighted by molar-refractivity contribution is 9.09. The van der Waals surface area contributed by atoms with E-state index in [1.54, 1.807) is 0 Å². The Bertz CT molecular complexity index is 141. The smallest absolute Gasteiger partial charge is 0.0159 e. The maximum Gasteiger partial charge on any atom is 0.0159 e. The van der Waals surface area contributed by atoms with Crippen LogP contribution in [0.5, 0.6) is 0 Å². The van der Waals surface area contributed by atoms with E-state index in [4.69, 9.17) is 0 Å². The molecule has 0 aromatic carbocycles. The molecule has 2 aliphatic carbocycles. The minimum absolute atomic E-state index is 0.961. The molecule has 0 N–H and O–H groups in total. The number of alkyl halides is 1. The molecule has 2 fully saturated rings. The van der Waals surface area contributed by atoms with Crippen LogP contribution in [0.2, 0.25) is 0 Å². The Labute approximate surface area is 83.6 Å². The molecule has 0 aromatic rings. The molecule has 2 rings (SSSR count). The fourth-order valence-corrected chi connectivity index (χ4v) is 2.43. The largest absolute Gasteiger partial charge is 0.299 e. The molecule has 2 saturated carbocycles. The van der Waals surface area contributed by atoms with Gasteiger partial charge in [0.1, 0.15) is 0 Å². The van der Waals surface area contributed by atoms with Crippen molar-refractivity contribution < 1.29 is 0 Å². The highest BCUT2D eigenvalue weighted by atomic mass is 79.9. The second-order valence-electron chi connectivity index (χ2n) is 4.21. The second-order valence-corrected chi connectivity index (χ2v) is 5.01. The number of nitrogens with zero attached hydrogens (tertiary/aromatic N) is 1. The molecule has 0 saturated heterocycles. The van der Waals surface area contributed by atoms with Gasteiger partial charge in [-0.2, -0.15) is 0 Å². The van der Waals surface area contributed by atoms with Crippen molar-refractivity contribution in [2.45, 2.75) is 38.1 Å². The average molecular weight is 232 g/mol. The monoisotopic (exact) mass is 231 g/mol. The lowest BCUT2D eigenvalue weighted by molar-refractivity contribution is 0.179. The highest BCUT2D eigenvalue weighted by Crippen LogP contribution is 2.32. The summed E-state index contributed by atoms with van der Waals surface area (Å²) < 4.78 is 0. The summed E-state index contributed by atoms with van der Waals surface area (Å²) in [6, 6.07) is 0.961. The molecule has 70 valence electrons. The molecule has 0 atom stereocenters. The van der Waals surface area contributed by atoms with Crippen molar-refractivity contribution in [3.63, 3.8) is 0 Å². The number of rotatable bonds is 5. The van der Waals surface area contributed by atoms with Crippen molar-refractivity contribution >= 4 is 15.9 Å². The normalized spacial score (nSPS) is 24.5. The predicted molar refractivity (Wildman–Crippen MR) is 55.7 cm³/mol. The Hall–Kier alpha value is 0.440. The van der Waals surface area contributed by atoms with Crippen LogP contribution in [0.15, 0.2) is 0 Å². The second kappa shape index (κ2) is 4.10. The van der Waals surface area contributed by atoms with Crippen LogP contribution in [0.1, 0.15) is 32.1 Å². The third-order valence-electron chi connectivity index (χ3n) is 3.15. The Balaban J connectivity index is 1.71. The zero-order valence-corrected chi connectivity index (χ0v) is 9.22. The van der Waals surface area contributed by atoms with Gasteiger partial charge in [0.25, 0.3) is 0 Å². The van der Waals surface area contributed by atoms with Gasteiger partial charge in [-0.1, -0.05) is 22.4 Å². The first kappa shape index (κ1) is 9.01. The summed E-state index contributed by atoms with van der Waals surface area (Å²) in [5.74, 6) is 1.05.